The monoisotopic (exact) mass is 352 g/mol. The zero-order chi connectivity index (χ0) is 13.2. The van der Waals surface area contributed by atoms with Gasteiger partial charge < -0.3 is 4.90 Å². The van der Waals surface area contributed by atoms with E-state index in [0.717, 1.165) is 19.6 Å². The summed E-state index contributed by atoms with van der Waals surface area (Å²) in [6.45, 7) is 3.55. The predicted octanol–water partition coefficient (Wildman–Crippen LogP) is 2.23. The van der Waals surface area contributed by atoms with Crippen LogP contribution < -0.4 is 0 Å². The van der Waals surface area contributed by atoms with Gasteiger partial charge in [-0.05, 0) is 53.3 Å². The largest absolute Gasteiger partial charge is 0.302 e. The highest BCUT2D eigenvalue weighted by Crippen LogP contribution is 2.29. The first-order chi connectivity index (χ1) is 8.51. The number of halogens is 1. The van der Waals surface area contributed by atoms with Gasteiger partial charge in [0.2, 0.25) is 0 Å². The van der Waals surface area contributed by atoms with Crippen molar-refractivity contribution in [3.63, 3.8) is 0 Å². The highest BCUT2D eigenvalue weighted by atomic mass is 79.9. The lowest BCUT2D eigenvalue weighted by atomic mass is 10.4. The van der Waals surface area contributed by atoms with Crippen molar-refractivity contribution in [2.24, 2.45) is 0 Å². The van der Waals surface area contributed by atoms with Gasteiger partial charge >= 0.3 is 0 Å². The topological polar surface area (TPSA) is 40.6 Å². The SMILES string of the molecule is CN(CCN1CCCC1)S(=O)(=O)c1sccc1Br. The molecule has 0 unspecified atom stereocenters. The van der Waals surface area contributed by atoms with E-state index in [1.165, 1.54) is 28.5 Å². The molecule has 0 amide bonds. The fraction of sp³-hybridized carbons (Fsp3) is 0.636. The molecule has 1 saturated heterocycles. The molecule has 1 aliphatic rings. The minimum absolute atomic E-state index is 0.395. The molecule has 0 bridgehead atoms. The van der Waals surface area contributed by atoms with Crippen LogP contribution in [0.4, 0.5) is 0 Å². The molecule has 0 aromatic carbocycles. The van der Waals surface area contributed by atoms with Crippen LogP contribution in [0.5, 0.6) is 0 Å². The van der Waals surface area contributed by atoms with E-state index in [4.69, 9.17) is 0 Å². The minimum atomic E-state index is -3.34. The molecule has 7 heteroatoms. The fourth-order valence-corrected chi connectivity index (χ4v) is 5.68. The van der Waals surface area contributed by atoms with Crippen LogP contribution in [-0.4, -0.2) is 50.8 Å². The van der Waals surface area contributed by atoms with E-state index in [9.17, 15) is 8.42 Å². The molecule has 4 nitrogen and oxygen atoms in total. The molecule has 1 fully saturated rings. The first-order valence-electron chi connectivity index (χ1n) is 5.93. The van der Waals surface area contributed by atoms with Gasteiger partial charge in [0.25, 0.3) is 10.0 Å². The van der Waals surface area contributed by atoms with Crippen LogP contribution in [0.15, 0.2) is 20.1 Å². The fourth-order valence-electron chi connectivity index (χ4n) is 2.01. The maximum absolute atomic E-state index is 12.3. The van der Waals surface area contributed by atoms with Gasteiger partial charge in [-0.15, -0.1) is 11.3 Å². The summed E-state index contributed by atoms with van der Waals surface area (Å²) < 4.78 is 27.1. The van der Waals surface area contributed by atoms with Gasteiger partial charge in [-0.1, -0.05) is 0 Å². The van der Waals surface area contributed by atoms with Gasteiger partial charge in [0.15, 0.2) is 0 Å². The number of likely N-dealkylation sites (N-methyl/N-ethyl adjacent to an activating group) is 1. The number of likely N-dealkylation sites (tertiary alicyclic amines) is 1. The van der Waals surface area contributed by atoms with Crippen molar-refractivity contribution in [3.8, 4) is 0 Å². The second kappa shape index (κ2) is 6.00. The lowest BCUT2D eigenvalue weighted by Gasteiger charge is -2.20. The minimum Gasteiger partial charge on any atom is -0.302 e. The summed E-state index contributed by atoms with van der Waals surface area (Å²) in [5, 5.41) is 1.78. The Morgan fingerprint density at radius 1 is 1.44 bits per heavy atom. The summed E-state index contributed by atoms with van der Waals surface area (Å²) in [6.07, 6.45) is 2.46. The van der Waals surface area contributed by atoms with Crippen LogP contribution in [0.25, 0.3) is 0 Å². The van der Waals surface area contributed by atoms with E-state index < -0.39 is 10.0 Å². The molecule has 1 aromatic heterocycles. The first kappa shape index (κ1) is 14.5. The van der Waals surface area contributed by atoms with Gasteiger partial charge in [-0.3, -0.25) is 0 Å². The molecule has 2 heterocycles. The molecular formula is C11H17BrN2O2S2. The number of rotatable bonds is 5. The van der Waals surface area contributed by atoms with Gasteiger partial charge in [0.05, 0.1) is 0 Å². The van der Waals surface area contributed by atoms with Gasteiger partial charge in [0.1, 0.15) is 4.21 Å². The molecule has 0 atom stereocenters. The molecule has 2 rings (SSSR count). The van der Waals surface area contributed by atoms with E-state index >= 15 is 0 Å². The van der Waals surface area contributed by atoms with Crippen molar-refractivity contribution in [2.45, 2.75) is 17.1 Å². The highest BCUT2D eigenvalue weighted by Gasteiger charge is 2.25. The normalized spacial score (nSPS) is 17.7. The van der Waals surface area contributed by atoms with Crippen LogP contribution in [0.1, 0.15) is 12.8 Å². The highest BCUT2D eigenvalue weighted by molar-refractivity contribution is 9.10. The van der Waals surface area contributed by atoms with E-state index in [-0.39, 0.29) is 0 Å². The molecular weight excluding hydrogens is 336 g/mol. The number of thiophene rings is 1. The van der Waals surface area contributed by atoms with Crippen LogP contribution in [0, 0.1) is 0 Å². The van der Waals surface area contributed by atoms with Crippen molar-refractivity contribution in [3.05, 3.63) is 15.9 Å². The number of hydrogen-bond donors (Lipinski definition) is 0. The number of sulfonamides is 1. The number of hydrogen-bond acceptors (Lipinski definition) is 4. The van der Waals surface area contributed by atoms with Crippen LogP contribution in [0.3, 0.4) is 0 Å². The Hall–Kier alpha value is 0.0500. The van der Waals surface area contributed by atoms with Crippen molar-refractivity contribution < 1.29 is 8.42 Å². The zero-order valence-electron chi connectivity index (χ0n) is 10.3. The zero-order valence-corrected chi connectivity index (χ0v) is 13.5. The second-order valence-electron chi connectivity index (χ2n) is 4.43. The number of nitrogens with zero attached hydrogens (tertiary/aromatic N) is 2. The Kier molecular flexibility index (Phi) is 4.82. The summed E-state index contributed by atoms with van der Waals surface area (Å²) in [4.78, 5) is 2.31. The summed E-state index contributed by atoms with van der Waals surface area (Å²) in [6, 6.07) is 1.77. The van der Waals surface area contributed by atoms with Crippen molar-refractivity contribution in [1.82, 2.24) is 9.21 Å². The average Bonchev–Trinajstić information content (AvgIpc) is 2.96. The van der Waals surface area contributed by atoms with Gasteiger partial charge in [0, 0.05) is 24.6 Å². The van der Waals surface area contributed by atoms with E-state index in [0.29, 0.717) is 15.2 Å². The lowest BCUT2D eigenvalue weighted by molar-refractivity contribution is 0.310. The molecule has 0 spiro atoms. The quantitative estimate of drug-likeness (QED) is 0.815. The van der Waals surface area contributed by atoms with Crippen LogP contribution in [-0.2, 0) is 10.0 Å². The van der Waals surface area contributed by atoms with Gasteiger partial charge in [-0.2, -0.15) is 4.31 Å². The van der Waals surface area contributed by atoms with Crippen molar-refractivity contribution in [1.29, 1.82) is 0 Å². The molecule has 1 aliphatic heterocycles. The summed E-state index contributed by atoms with van der Waals surface area (Å²) >= 11 is 4.53. The molecule has 1 aromatic rings. The predicted molar refractivity (Wildman–Crippen MR) is 77.5 cm³/mol. The molecule has 0 aliphatic carbocycles. The second-order valence-corrected chi connectivity index (χ2v) is 8.44. The Labute approximate surface area is 121 Å². The van der Waals surface area contributed by atoms with E-state index in [1.807, 2.05) is 0 Å². The standard InChI is InChI=1S/C11H17BrN2O2S2/c1-13(7-8-14-5-2-3-6-14)18(15,16)11-10(12)4-9-17-11/h4,9H,2-3,5-8H2,1H3. The third-order valence-electron chi connectivity index (χ3n) is 3.16. The molecule has 0 saturated carbocycles. The Balaban J connectivity index is 1.99. The summed E-state index contributed by atoms with van der Waals surface area (Å²) in [5.74, 6) is 0. The average molecular weight is 353 g/mol. The first-order valence-corrected chi connectivity index (χ1v) is 9.05. The lowest BCUT2D eigenvalue weighted by Crippen LogP contribution is -2.35. The van der Waals surface area contributed by atoms with E-state index in [2.05, 4.69) is 20.8 Å². The third-order valence-corrected chi connectivity index (χ3v) is 7.66. The van der Waals surface area contributed by atoms with Crippen molar-refractivity contribution in [2.75, 3.05) is 33.2 Å². The Bertz CT molecular complexity index is 495. The van der Waals surface area contributed by atoms with Crippen LogP contribution >= 0.6 is 27.3 Å². The molecule has 0 N–H and O–H groups in total. The van der Waals surface area contributed by atoms with E-state index in [1.54, 1.807) is 18.5 Å². The Morgan fingerprint density at radius 3 is 2.67 bits per heavy atom. The molecule has 102 valence electrons. The summed E-state index contributed by atoms with van der Waals surface area (Å²) in [5.41, 5.74) is 0. The molecule has 0 radical (unpaired) electrons. The van der Waals surface area contributed by atoms with Gasteiger partial charge in [-0.25, -0.2) is 8.42 Å². The van der Waals surface area contributed by atoms with Crippen LogP contribution in [0.2, 0.25) is 0 Å². The summed E-state index contributed by atoms with van der Waals surface area (Å²) in [7, 11) is -1.69. The molecule has 18 heavy (non-hydrogen) atoms. The maximum atomic E-state index is 12.3. The maximum Gasteiger partial charge on any atom is 0.253 e. The Morgan fingerprint density at radius 2 is 2.11 bits per heavy atom. The van der Waals surface area contributed by atoms with Crippen molar-refractivity contribution >= 4 is 37.3 Å². The third kappa shape index (κ3) is 3.14. The smallest absolute Gasteiger partial charge is 0.253 e.